The van der Waals surface area contributed by atoms with Crippen LogP contribution >= 0.6 is 11.8 Å². The van der Waals surface area contributed by atoms with Crippen LogP contribution in [0.1, 0.15) is 48.9 Å². The predicted octanol–water partition coefficient (Wildman–Crippen LogP) is 2.90. The number of carbonyl (C=O) groups is 3. The highest BCUT2D eigenvalue weighted by molar-refractivity contribution is 7.99. The van der Waals surface area contributed by atoms with Crippen molar-refractivity contribution in [3.8, 4) is 0 Å². The van der Waals surface area contributed by atoms with Gasteiger partial charge in [-0.25, -0.2) is 0 Å². The fourth-order valence-corrected chi connectivity index (χ4v) is 4.99. The molecule has 26 heavy (non-hydrogen) atoms. The molecule has 2 fully saturated rings. The standard InChI is InChI=1S/C19H24N2O4S/c22-16(11-19(18(24)25)9-10-26-12-19)20-15-7-5-13(6-8-15)17(23)21-14-3-1-2-4-14/h5-8,14H,1-4,9-12H2,(H,20,22)(H,21,23)(H,24,25)/t19-/m1/s1. The summed E-state index contributed by atoms with van der Waals surface area (Å²) < 4.78 is 0. The number of hydrogen-bond donors (Lipinski definition) is 3. The lowest BCUT2D eigenvalue weighted by atomic mass is 9.84. The van der Waals surface area contributed by atoms with Gasteiger partial charge >= 0.3 is 5.97 Å². The van der Waals surface area contributed by atoms with Crippen molar-refractivity contribution < 1.29 is 19.5 Å². The molecule has 1 heterocycles. The van der Waals surface area contributed by atoms with E-state index in [0.29, 0.717) is 23.4 Å². The second-order valence-corrected chi connectivity index (χ2v) is 8.25. The first-order valence-corrected chi connectivity index (χ1v) is 10.2. The third kappa shape index (κ3) is 4.38. The highest BCUT2D eigenvalue weighted by atomic mass is 32.2. The Hall–Kier alpha value is -2.02. The van der Waals surface area contributed by atoms with Crippen molar-refractivity contribution in [3.05, 3.63) is 29.8 Å². The molecule has 1 aromatic rings. The van der Waals surface area contributed by atoms with Crippen LogP contribution in [-0.4, -0.2) is 40.4 Å². The molecule has 0 spiro atoms. The van der Waals surface area contributed by atoms with Crippen LogP contribution in [-0.2, 0) is 9.59 Å². The molecule has 3 N–H and O–H groups in total. The molecule has 1 saturated carbocycles. The number of carboxylic acids is 1. The van der Waals surface area contributed by atoms with Gasteiger partial charge in [-0.2, -0.15) is 11.8 Å². The summed E-state index contributed by atoms with van der Waals surface area (Å²) in [4.78, 5) is 36.0. The van der Waals surface area contributed by atoms with E-state index in [1.54, 1.807) is 36.0 Å². The summed E-state index contributed by atoms with van der Waals surface area (Å²) in [7, 11) is 0. The molecule has 1 atom stereocenters. The summed E-state index contributed by atoms with van der Waals surface area (Å²) in [5.74, 6) is -0.0716. The summed E-state index contributed by atoms with van der Waals surface area (Å²) in [6.45, 7) is 0. The van der Waals surface area contributed by atoms with Crippen LogP contribution in [0.4, 0.5) is 5.69 Å². The lowest BCUT2D eigenvalue weighted by Gasteiger charge is -2.22. The van der Waals surface area contributed by atoms with Crippen LogP contribution in [0.3, 0.4) is 0 Å². The molecular weight excluding hydrogens is 352 g/mol. The monoisotopic (exact) mass is 376 g/mol. The van der Waals surface area contributed by atoms with E-state index in [9.17, 15) is 19.5 Å². The zero-order valence-corrected chi connectivity index (χ0v) is 15.4. The van der Waals surface area contributed by atoms with Gasteiger partial charge in [-0.1, -0.05) is 12.8 Å². The van der Waals surface area contributed by atoms with E-state index >= 15 is 0 Å². The number of carboxylic acid groups (broad SMARTS) is 1. The average Bonchev–Trinajstić information content (AvgIpc) is 3.28. The Bertz CT molecular complexity index is 677. The van der Waals surface area contributed by atoms with Crippen LogP contribution in [0.15, 0.2) is 24.3 Å². The van der Waals surface area contributed by atoms with Gasteiger partial charge in [-0.05, 0) is 49.3 Å². The van der Waals surface area contributed by atoms with Crippen molar-refractivity contribution in [2.75, 3.05) is 16.8 Å². The molecule has 6 nitrogen and oxygen atoms in total. The maximum absolute atomic E-state index is 12.3. The normalized spacial score (nSPS) is 22.9. The van der Waals surface area contributed by atoms with E-state index in [-0.39, 0.29) is 24.3 Å². The third-order valence-corrected chi connectivity index (χ3v) is 6.43. The first-order chi connectivity index (χ1) is 12.5. The summed E-state index contributed by atoms with van der Waals surface area (Å²) in [6, 6.07) is 6.98. The van der Waals surface area contributed by atoms with E-state index < -0.39 is 11.4 Å². The molecule has 1 saturated heterocycles. The summed E-state index contributed by atoms with van der Waals surface area (Å²) >= 11 is 1.57. The summed E-state index contributed by atoms with van der Waals surface area (Å²) in [6.07, 6.45) is 4.87. The Morgan fingerprint density at radius 1 is 1.15 bits per heavy atom. The lowest BCUT2D eigenvalue weighted by molar-refractivity contribution is -0.149. The summed E-state index contributed by atoms with van der Waals surface area (Å²) in [5.41, 5.74) is 0.165. The Kier molecular flexibility index (Phi) is 5.86. The number of anilines is 1. The number of amides is 2. The van der Waals surface area contributed by atoms with Crippen LogP contribution in [0, 0.1) is 5.41 Å². The first-order valence-electron chi connectivity index (χ1n) is 9.00. The van der Waals surface area contributed by atoms with Crippen LogP contribution in [0.25, 0.3) is 0 Å². The number of thioether (sulfide) groups is 1. The Balaban J connectivity index is 1.55. The number of hydrogen-bond acceptors (Lipinski definition) is 4. The van der Waals surface area contributed by atoms with Crippen molar-refractivity contribution in [2.45, 2.75) is 44.6 Å². The molecule has 1 aliphatic heterocycles. The van der Waals surface area contributed by atoms with Crippen molar-refractivity contribution in [3.63, 3.8) is 0 Å². The van der Waals surface area contributed by atoms with Gasteiger partial charge in [0.1, 0.15) is 0 Å². The van der Waals surface area contributed by atoms with Gasteiger partial charge in [0.25, 0.3) is 5.91 Å². The average molecular weight is 376 g/mol. The van der Waals surface area contributed by atoms with E-state index in [1.165, 1.54) is 0 Å². The van der Waals surface area contributed by atoms with Gasteiger partial charge in [0.15, 0.2) is 0 Å². The molecule has 3 rings (SSSR count). The zero-order valence-electron chi connectivity index (χ0n) is 14.6. The SMILES string of the molecule is O=C(C[C@]1(C(=O)O)CCSC1)Nc1ccc(C(=O)NC2CCCC2)cc1. The topological polar surface area (TPSA) is 95.5 Å². The molecule has 7 heteroatoms. The molecule has 0 bridgehead atoms. The van der Waals surface area contributed by atoms with Crippen molar-refractivity contribution in [2.24, 2.45) is 5.41 Å². The van der Waals surface area contributed by atoms with Gasteiger partial charge in [0, 0.05) is 29.5 Å². The maximum Gasteiger partial charge on any atom is 0.311 e. The Labute approximate surface area is 157 Å². The van der Waals surface area contributed by atoms with Crippen LogP contribution in [0.5, 0.6) is 0 Å². The zero-order chi connectivity index (χ0) is 18.6. The molecule has 1 aliphatic carbocycles. The number of benzene rings is 1. The summed E-state index contributed by atoms with van der Waals surface area (Å²) in [5, 5.41) is 15.2. The first kappa shape index (κ1) is 18.8. The smallest absolute Gasteiger partial charge is 0.311 e. The molecule has 2 amide bonds. The highest BCUT2D eigenvalue weighted by Crippen LogP contribution is 2.39. The quantitative estimate of drug-likeness (QED) is 0.709. The lowest BCUT2D eigenvalue weighted by Crippen LogP contribution is -2.35. The van der Waals surface area contributed by atoms with Gasteiger partial charge in [0.05, 0.1) is 5.41 Å². The number of rotatable bonds is 6. The maximum atomic E-state index is 12.3. The number of nitrogens with one attached hydrogen (secondary N) is 2. The molecule has 0 radical (unpaired) electrons. The number of aliphatic carboxylic acids is 1. The molecular formula is C19H24N2O4S. The van der Waals surface area contributed by atoms with Crippen molar-refractivity contribution in [1.29, 1.82) is 0 Å². The molecule has 2 aliphatic rings. The van der Waals surface area contributed by atoms with Gasteiger partial charge < -0.3 is 15.7 Å². The van der Waals surface area contributed by atoms with Crippen LogP contribution < -0.4 is 10.6 Å². The van der Waals surface area contributed by atoms with E-state index in [1.807, 2.05) is 0 Å². The fraction of sp³-hybridized carbons (Fsp3) is 0.526. The largest absolute Gasteiger partial charge is 0.481 e. The molecule has 0 unspecified atom stereocenters. The molecule has 0 aromatic heterocycles. The fourth-order valence-electron chi connectivity index (χ4n) is 3.55. The van der Waals surface area contributed by atoms with Crippen molar-refractivity contribution >= 4 is 35.2 Å². The number of carbonyl (C=O) groups excluding carboxylic acids is 2. The minimum Gasteiger partial charge on any atom is -0.481 e. The second kappa shape index (κ2) is 8.12. The molecule has 1 aromatic carbocycles. The third-order valence-electron chi connectivity index (χ3n) is 5.18. The van der Waals surface area contributed by atoms with Crippen LogP contribution in [0.2, 0.25) is 0 Å². The predicted molar refractivity (Wildman–Crippen MR) is 101 cm³/mol. The van der Waals surface area contributed by atoms with E-state index in [4.69, 9.17) is 0 Å². The van der Waals surface area contributed by atoms with Gasteiger partial charge in [-0.3, -0.25) is 14.4 Å². The van der Waals surface area contributed by atoms with Gasteiger partial charge in [0.2, 0.25) is 5.91 Å². The molecule has 140 valence electrons. The Morgan fingerprint density at radius 3 is 2.42 bits per heavy atom. The van der Waals surface area contributed by atoms with E-state index in [2.05, 4.69) is 10.6 Å². The Morgan fingerprint density at radius 2 is 1.85 bits per heavy atom. The van der Waals surface area contributed by atoms with Gasteiger partial charge in [-0.15, -0.1) is 0 Å². The minimum atomic E-state index is -0.962. The second-order valence-electron chi connectivity index (χ2n) is 7.15. The van der Waals surface area contributed by atoms with E-state index in [0.717, 1.165) is 31.4 Å². The minimum absolute atomic E-state index is 0.0285. The highest BCUT2D eigenvalue weighted by Gasteiger charge is 2.43. The van der Waals surface area contributed by atoms with Crippen molar-refractivity contribution in [1.82, 2.24) is 5.32 Å².